The highest BCUT2D eigenvalue weighted by Gasteiger charge is 2.17. The van der Waals surface area contributed by atoms with Crippen LogP contribution >= 0.6 is 0 Å². The normalized spacial score (nSPS) is 12.9. The van der Waals surface area contributed by atoms with E-state index in [-0.39, 0.29) is 10.8 Å². The minimum absolute atomic E-state index is 0.151. The molecule has 0 saturated carbocycles. The van der Waals surface area contributed by atoms with Gasteiger partial charge in [0.15, 0.2) is 0 Å². The van der Waals surface area contributed by atoms with Crippen LogP contribution in [0.3, 0.4) is 0 Å². The Hall–Kier alpha value is -1.57. The van der Waals surface area contributed by atoms with Crippen LogP contribution in [0.25, 0.3) is 0 Å². The Kier molecular flexibility index (Phi) is 4.56. The van der Waals surface area contributed by atoms with E-state index in [1.165, 1.54) is 17.2 Å². The predicted octanol–water partition coefficient (Wildman–Crippen LogP) is 4.19. The zero-order valence-corrected chi connectivity index (χ0v) is 12.5. The standard InChI is InChI=1S/C17H24O2/c1-16(2,3)14-8-6-13(7-9-14)12-17(4,5)11-10-15(18)19/h6-11H,12H2,1-5H3,(H,18,19)/b11-10+. The summed E-state index contributed by atoms with van der Waals surface area (Å²) in [7, 11) is 0. The lowest BCUT2D eigenvalue weighted by molar-refractivity contribution is -0.131. The van der Waals surface area contributed by atoms with E-state index in [4.69, 9.17) is 5.11 Å². The number of hydrogen-bond acceptors (Lipinski definition) is 1. The van der Waals surface area contributed by atoms with Gasteiger partial charge in [0.25, 0.3) is 0 Å². The summed E-state index contributed by atoms with van der Waals surface area (Å²) in [4.78, 5) is 10.6. The van der Waals surface area contributed by atoms with Crippen molar-refractivity contribution in [3.05, 3.63) is 47.5 Å². The van der Waals surface area contributed by atoms with Gasteiger partial charge in [0.1, 0.15) is 0 Å². The van der Waals surface area contributed by atoms with Gasteiger partial charge < -0.3 is 5.11 Å². The number of carbonyl (C=O) groups is 1. The third kappa shape index (κ3) is 5.29. The zero-order chi connectivity index (χ0) is 14.7. The fourth-order valence-corrected chi connectivity index (χ4v) is 2.00. The SMILES string of the molecule is CC(C)(/C=C/C(=O)O)Cc1ccc(C(C)(C)C)cc1. The molecule has 0 heterocycles. The molecule has 0 atom stereocenters. The number of carboxylic acids is 1. The average Bonchev–Trinajstić information content (AvgIpc) is 2.25. The Morgan fingerprint density at radius 2 is 1.63 bits per heavy atom. The molecule has 0 aliphatic carbocycles. The van der Waals surface area contributed by atoms with Gasteiger partial charge in [-0.05, 0) is 28.4 Å². The summed E-state index contributed by atoms with van der Waals surface area (Å²) in [6.45, 7) is 10.7. The molecule has 0 unspecified atom stereocenters. The van der Waals surface area contributed by atoms with Gasteiger partial charge in [0, 0.05) is 6.08 Å². The van der Waals surface area contributed by atoms with Crippen molar-refractivity contribution in [1.29, 1.82) is 0 Å². The fourth-order valence-electron chi connectivity index (χ4n) is 2.00. The topological polar surface area (TPSA) is 37.3 Å². The smallest absolute Gasteiger partial charge is 0.327 e. The lowest BCUT2D eigenvalue weighted by atomic mass is 9.83. The van der Waals surface area contributed by atoms with E-state index in [0.29, 0.717) is 0 Å². The van der Waals surface area contributed by atoms with Gasteiger partial charge in [-0.3, -0.25) is 0 Å². The first-order valence-electron chi connectivity index (χ1n) is 6.62. The second-order valence-corrected chi connectivity index (χ2v) is 6.78. The average molecular weight is 260 g/mol. The highest BCUT2D eigenvalue weighted by molar-refractivity contribution is 5.79. The molecule has 19 heavy (non-hydrogen) atoms. The molecule has 0 radical (unpaired) electrons. The highest BCUT2D eigenvalue weighted by Crippen LogP contribution is 2.26. The van der Waals surface area contributed by atoms with Gasteiger partial charge in [0.2, 0.25) is 0 Å². The van der Waals surface area contributed by atoms with E-state index in [2.05, 4.69) is 45.0 Å². The molecular formula is C17H24O2. The summed E-state index contributed by atoms with van der Waals surface area (Å²) < 4.78 is 0. The quantitative estimate of drug-likeness (QED) is 0.824. The van der Waals surface area contributed by atoms with Gasteiger partial charge in [-0.2, -0.15) is 0 Å². The van der Waals surface area contributed by atoms with E-state index in [0.717, 1.165) is 6.42 Å². The van der Waals surface area contributed by atoms with Gasteiger partial charge in [-0.25, -0.2) is 4.79 Å². The number of benzene rings is 1. The summed E-state index contributed by atoms with van der Waals surface area (Å²) in [6, 6.07) is 8.59. The van der Waals surface area contributed by atoms with Crippen LogP contribution in [0.15, 0.2) is 36.4 Å². The number of carboxylic acid groups (broad SMARTS) is 1. The van der Waals surface area contributed by atoms with E-state index >= 15 is 0 Å². The van der Waals surface area contributed by atoms with Gasteiger partial charge in [0.05, 0.1) is 0 Å². The first kappa shape index (κ1) is 15.5. The van der Waals surface area contributed by atoms with Crippen LogP contribution in [0.4, 0.5) is 0 Å². The van der Waals surface area contributed by atoms with Crippen molar-refractivity contribution in [3.8, 4) is 0 Å². The molecule has 2 heteroatoms. The van der Waals surface area contributed by atoms with Crippen molar-refractivity contribution >= 4 is 5.97 Å². The monoisotopic (exact) mass is 260 g/mol. The second-order valence-electron chi connectivity index (χ2n) is 6.78. The summed E-state index contributed by atoms with van der Waals surface area (Å²) in [5.41, 5.74) is 2.56. The molecule has 0 bridgehead atoms. The van der Waals surface area contributed by atoms with Crippen LogP contribution in [-0.2, 0) is 16.6 Å². The maximum atomic E-state index is 10.6. The third-order valence-corrected chi connectivity index (χ3v) is 3.16. The van der Waals surface area contributed by atoms with Gasteiger partial charge in [-0.15, -0.1) is 0 Å². The molecular weight excluding hydrogens is 236 g/mol. The van der Waals surface area contributed by atoms with E-state index in [1.54, 1.807) is 6.08 Å². The Bertz CT molecular complexity index is 459. The first-order valence-corrected chi connectivity index (χ1v) is 6.62. The Morgan fingerprint density at radius 3 is 2.05 bits per heavy atom. The van der Waals surface area contributed by atoms with Gasteiger partial charge in [-0.1, -0.05) is 65.0 Å². The maximum absolute atomic E-state index is 10.6. The van der Waals surface area contributed by atoms with Crippen molar-refractivity contribution in [2.45, 2.75) is 46.5 Å². The lowest BCUT2D eigenvalue weighted by Crippen LogP contribution is -2.14. The van der Waals surface area contributed by atoms with Crippen LogP contribution in [0, 0.1) is 5.41 Å². The molecule has 0 amide bonds. The van der Waals surface area contributed by atoms with Crippen molar-refractivity contribution < 1.29 is 9.90 Å². The fraction of sp³-hybridized carbons (Fsp3) is 0.471. The van der Waals surface area contributed by atoms with E-state index in [1.807, 2.05) is 13.8 Å². The Balaban J connectivity index is 2.80. The molecule has 1 N–H and O–H groups in total. The van der Waals surface area contributed by atoms with Crippen LogP contribution in [0.5, 0.6) is 0 Å². The molecule has 0 saturated heterocycles. The van der Waals surface area contributed by atoms with Gasteiger partial charge >= 0.3 is 5.97 Å². The number of hydrogen-bond donors (Lipinski definition) is 1. The largest absolute Gasteiger partial charge is 0.478 e. The number of rotatable bonds is 4. The second kappa shape index (κ2) is 5.60. The molecule has 1 aromatic rings. The van der Waals surface area contributed by atoms with Crippen LogP contribution in [0.2, 0.25) is 0 Å². The van der Waals surface area contributed by atoms with Crippen LogP contribution in [0.1, 0.15) is 45.7 Å². The Morgan fingerprint density at radius 1 is 1.11 bits per heavy atom. The molecule has 0 aromatic heterocycles. The highest BCUT2D eigenvalue weighted by atomic mass is 16.4. The molecule has 1 aromatic carbocycles. The summed E-state index contributed by atoms with van der Waals surface area (Å²) >= 11 is 0. The minimum atomic E-state index is -0.892. The van der Waals surface area contributed by atoms with Crippen LogP contribution in [-0.4, -0.2) is 11.1 Å². The predicted molar refractivity (Wildman–Crippen MR) is 79.4 cm³/mol. The molecule has 104 valence electrons. The van der Waals surface area contributed by atoms with E-state index in [9.17, 15) is 4.79 Å². The van der Waals surface area contributed by atoms with Crippen molar-refractivity contribution in [3.63, 3.8) is 0 Å². The molecule has 0 fully saturated rings. The van der Waals surface area contributed by atoms with Crippen molar-refractivity contribution in [2.75, 3.05) is 0 Å². The molecule has 2 nitrogen and oxygen atoms in total. The lowest BCUT2D eigenvalue weighted by Gasteiger charge is -2.22. The summed E-state index contributed by atoms with van der Waals surface area (Å²) in [6.07, 6.45) is 3.82. The summed E-state index contributed by atoms with van der Waals surface area (Å²) in [5, 5.41) is 8.68. The van der Waals surface area contributed by atoms with Crippen molar-refractivity contribution in [1.82, 2.24) is 0 Å². The first-order chi connectivity index (χ1) is 8.60. The molecule has 0 aliphatic rings. The molecule has 0 spiro atoms. The van der Waals surface area contributed by atoms with E-state index < -0.39 is 5.97 Å². The molecule has 1 rings (SSSR count). The zero-order valence-electron chi connectivity index (χ0n) is 12.5. The summed E-state index contributed by atoms with van der Waals surface area (Å²) in [5.74, 6) is -0.892. The van der Waals surface area contributed by atoms with Crippen molar-refractivity contribution in [2.24, 2.45) is 5.41 Å². The number of aliphatic carboxylic acids is 1. The minimum Gasteiger partial charge on any atom is -0.478 e. The third-order valence-electron chi connectivity index (χ3n) is 3.16. The molecule has 0 aliphatic heterocycles. The Labute approximate surface area is 116 Å². The number of allylic oxidation sites excluding steroid dienone is 1. The maximum Gasteiger partial charge on any atom is 0.327 e. The van der Waals surface area contributed by atoms with Crippen LogP contribution < -0.4 is 0 Å².